The molecule has 0 fully saturated rings. The van der Waals surface area contributed by atoms with E-state index in [9.17, 15) is 13.2 Å². The van der Waals surface area contributed by atoms with E-state index in [0.29, 0.717) is 6.54 Å². The van der Waals surface area contributed by atoms with Gasteiger partial charge in [-0.1, -0.05) is 18.2 Å². The standard InChI is InChI=1S/C15H15F3N2O/c1-11(14-4-2-3-9-19-14)20-10-12-5-7-13(8-6-12)21-15(16,17)18/h2-9,11,20H,10H2,1H3/t11-/m0/s1. The van der Waals surface area contributed by atoms with Crippen molar-refractivity contribution in [2.24, 2.45) is 0 Å². The van der Waals surface area contributed by atoms with Gasteiger partial charge in [0.05, 0.1) is 5.69 Å². The van der Waals surface area contributed by atoms with Crippen LogP contribution in [-0.4, -0.2) is 11.3 Å². The molecule has 1 aromatic heterocycles. The monoisotopic (exact) mass is 296 g/mol. The molecule has 1 N–H and O–H groups in total. The van der Waals surface area contributed by atoms with Crippen molar-refractivity contribution in [2.45, 2.75) is 25.9 Å². The van der Waals surface area contributed by atoms with Crippen molar-refractivity contribution >= 4 is 0 Å². The van der Waals surface area contributed by atoms with Gasteiger partial charge in [-0.25, -0.2) is 0 Å². The molecule has 6 heteroatoms. The van der Waals surface area contributed by atoms with Crippen LogP contribution in [0.4, 0.5) is 13.2 Å². The van der Waals surface area contributed by atoms with Gasteiger partial charge in [-0.2, -0.15) is 0 Å². The smallest absolute Gasteiger partial charge is 0.406 e. The Bertz CT molecular complexity index is 555. The van der Waals surface area contributed by atoms with Crippen molar-refractivity contribution in [1.29, 1.82) is 0 Å². The minimum Gasteiger partial charge on any atom is -0.406 e. The predicted octanol–water partition coefficient (Wildman–Crippen LogP) is 3.83. The molecular weight excluding hydrogens is 281 g/mol. The molecule has 1 aromatic carbocycles. The Morgan fingerprint density at radius 3 is 2.43 bits per heavy atom. The molecule has 0 saturated heterocycles. The van der Waals surface area contributed by atoms with Crippen molar-refractivity contribution in [2.75, 3.05) is 0 Å². The fraction of sp³-hybridized carbons (Fsp3) is 0.267. The molecule has 1 atom stereocenters. The maximum Gasteiger partial charge on any atom is 0.573 e. The molecule has 112 valence electrons. The van der Waals surface area contributed by atoms with Gasteiger partial charge >= 0.3 is 6.36 Å². The number of hydrogen-bond acceptors (Lipinski definition) is 3. The summed E-state index contributed by atoms with van der Waals surface area (Å²) >= 11 is 0. The number of pyridine rings is 1. The Hall–Kier alpha value is -2.08. The van der Waals surface area contributed by atoms with Crippen molar-refractivity contribution in [3.63, 3.8) is 0 Å². The highest BCUT2D eigenvalue weighted by molar-refractivity contribution is 5.27. The summed E-state index contributed by atoms with van der Waals surface area (Å²) in [6.45, 7) is 2.51. The second kappa shape index (κ2) is 6.58. The lowest BCUT2D eigenvalue weighted by Crippen LogP contribution is -2.19. The van der Waals surface area contributed by atoms with Crippen LogP contribution in [0.25, 0.3) is 0 Å². The van der Waals surface area contributed by atoms with E-state index in [4.69, 9.17) is 0 Å². The normalized spacial score (nSPS) is 13.0. The van der Waals surface area contributed by atoms with Crippen LogP contribution in [0, 0.1) is 0 Å². The topological polar surface area (TPSA) is 34.1 Å². The molecule has 3 nitrogen and oxygen atoms in total. The van der Waals surface area contributed by atoms with Crippen LogP contribution < -0.4 is 10.1 Å². The van der Waals surface area contributed by atoms with Gasteiger partial charge in [0.15, 0.2) is 0 Å². The van der Waals surface area contributed by atoms with Crippen LogP contribution in [0.1, 0.15) is 24.2 Å². The minimum atomic E-state index is -4.66. The number of nitrogens with one attached hydrogen (secondary N) is 1. The second-order valence-electron chi connectivity index (χ2n) is 4.55. The third-order valence-corrected chi connectivity index (χ3v) is 2.90. The Morgan fingerprint density at radius 1 is 1.14 bits per heavy atom. The van der Waals surface area contributed by atoms with Crippen molar-refractivity contribution in [1.82, 2.24) is 10.3 Å². The largest absolute Gasteiger partial charge is 0.573 e. The summed E-state index contributed by atoms with van der Waals surface area (Å²) in [4.78, 5) is 4.24. The fourth-order valence-corrected chi connectivity index (χ4v) is 1.82. The summed E-state index contributed by atoms with van der Waals surface area (Å²) in [5.41, 5.74) is 1.78. The summed E-state index contributed by atoms with van der Waals surface area (Å²) in [5.74, 6) is -0.218. The fourth-order valence-electron chi connectivity index (χ4n) is 1.82. The van der Waals surface area contributed by atoms with E-state index in [2.05, 4.69) is 15.0 Å². The van der Waals surface area contributed by atoms with Crippen LogP contribution in [-0.2, 0) is 6.54 Å². The zero-order chi connectivity index (χ0) is 15.3. The summed E-state index contributed by atoms with van der Waals surface area (Å²) in [7, 11) is 0. The maximum absolute atomic E-state index is 12.0. The predicted molar refractivity (Wildman–Crippen MR) is 72.6 cm³/mol. The number of rotatable bonds is 5. The first-order chi connectivity index (χ1) is 9.94. The van der Waals surface area contributed by atoms with Crippen molar-refractivity contribution in [3.8, 4) is 5.75 Å². The average molecular weight is 296 g/mol. The summed E-state index contributed by atoms with van der Waals surface area (Å²) in [5, 5.41) is 3.26. The quantitative estimate of drug-likeness (QED) is 0.910. The number of hydrogen-bond donors (Lipinski definition) is 1. The Labute approximate surface area is 120 Å². The lowest BCUT2D eigenvalue weighted by molar-refractivity contribution is -0.274. The summed E-state index contributed by atoms with van der Waals surface area (Å²) in [6, 6.07) is 11.5. The molecule has 1 heterocycles. The number of benzene rings is 1. The molecule has 21 heavy (non-hydrogen) atoms. The molecule has 0 aliphatic carbocycles. The lowest BCUT2D eigenvalue weighted by atomic mass is 10.1. The van der Waals surface area contributed by atoms with Crippen LogP contribution >= 0.6 is 0 Å². The minimum absolute atomic E-state index is 0.0531. The van der Waals surface area contributed by atoms with Gasteiger partial charge in [-0.15, -0.1) is 13.2 Å². The van der Waals surface area contributed by atoms with E-state index in [-0.39, 0.29) is 11.8 Å². The molecule has 2 aromatic rings. The average Bonchev–Trinajstić information content (AvgIpc) is 2.45. The van der Waals surface area contributed by atoms with Gasteiger partial charge in [0.25, 0.3) is 0 Å². The van der Waals surface area contributed by atoms with E-state index in [1.165, 1.54) is 12.1 Å². The van der Waals surface area contributed by atoms with Crippen LogP contribution in [0.15, 0.2) is 48.7 Å². The van der Waals surface area contributed by atoms with E-state index >= 15 is 0 Å². The highest BCUT2D eigenvalue weighted by atomic mass is 19.4. The molecule has 0 saturated carbocycles. The molecule has 0 bridgehead atoms. The number of ether oxygens (including phenoxy) is 1. The number of halogens is 3. The van der Waals surface area contributed by atoms with Gasteiger partial charge in [0.2, 0.25) is 0 Å². The van der Waals surface area contributed by atoms with Gasteiger partial charge in [-0.05, 0) is 36.8 Å². The third-order valence-electron chi connectivity index (χ3n) is 2.90. The zero-order valence-electron chi connectivity index (χ0n) is 11.4. The van der Waals surface area contributed by atoms with Crippen LogP contribution in [0.2, 0.25) is 0 Å². The van der Waals surface area contributed by atoms with E-state index in [1.54, 1.807) is 18.3 Å². The highest BCUT2D eigenvalue weighted by Crippen LogP contribution is 2.22. The van der Waals surface area contributed by atoms with Crippen LogP contribution in [0.5, 0.6) is 5.75 Å². The number of alkyl halides is 3. The van der Waals surface area contributed by atoms with Gasteiger partial charge in [0, 0.05) is 18.8 Å². The van der Waals surface area contributed by atoms with E-state index in [0.717, 1.165) is 11.3 Å². The van der Waals surface area contributed by atoms with Gasteiger partial charge in [0.1, 0.15) is 5.75 Å². The zero-order valence-corrected chi connectivity index (χ0v) is 11.4. The number of nitrogens with zero attached hydrogens (tertiary/aromatic N) is 1. The molecular formula is C15H15F3N2O. The maximum atomic E-state index is 12.0. The first-order valence-electron chi connectivity index (χ1n) is 6.43. The lowest BCUT2D eigenvalue weighted by Gasteiger charge is -2.14. The molecule has 0 aliphatic heterocycles. The number of aromatic nitrogens is 1. The Balaban J connectivity index is 1.89. The van der Waals surface area contributed by atoms with Gasteiger partial charge in [-0.3, -0.25) is 4.98 Å². The third kappa shape index (κ3) is 5.07. The van der Waals surface area contributed by atoms with Crippen LogP contribution in [0.3, 0.4) is 0 Å². The molecule has 0 spiro atoms. The molecule has 2 rings (SSSR count). The first kappa shape index (κ1) is 15.3. The first-order valence-corrected chi connectivity index (χ1v) is 6.43. The SMILES string of the molecule is C[C@H](NCc1ccc(OC(F)(F)F)cc1)c1ccccn1. The highest BCUT2D eigenvalue weighted by Gasteiger charge is 2.30. The summed E-state index contributed by atoms with van der Waals surface area (Å²) in [6.07, 6.45) is -2.94. The van der Waals surface area contributed by atoms with Gasteiger partial charge < -0.3 is 10.1 Å². The van der Waals surface area contributed by atoms with Crippen molar-refractivity contribution in [3.05, 3.63) is 59.9 Å². The molecule has 0 radical (unpaired) electrons. The second-order valence-corrected chi connectivity index (χ2v) is 4.55. The molecule has 0 amide bonds. The van der Waals surface area contributed by atoms with Crippen molar-refractivity contribution < 1.29 is 17.9 Å². The molecule has 0 unspecified atom stereocenters. The summed E-state index contributed by atoms with van der Waals surface area (Å²) < 4.78 is 39.9. The van der Waals surface area contributed by atoms with E-state index < -0.39 is 6.36 Å². The molecule has 0 aliphatic rings. The Morgan fingerprint density at radius 2 is 1.86 bits per heavy atom. The van der Waals surface area contributed by atoms with E-state index in [1.807, 2.05) is 25.1 Å². The Kier molecular flexibility index (Phi) is 4.80.